The molecule has 0 aliphatic carbocycles. The molecule has 0 atom stereocenters. The first-order chi connectivity index (χ1) is 13.5. The number of nitrogens with zero attached hydrogens (tertiary/aromatic N) is 2. The average Bonchev–Trinajstić information content (AvgIpc) is 2.92. The lowest BCUT2D eigenvalue weighted by Crippen LogP contribution is -2.31. The van der Waals surface area contributed by atoms with Crippen LogP contribution in [0.5, 0.6) is 0 Å². The van der Waals surface area contributed by atoms with Crippen molar-refractivity contribution in [3.05, 3.63) is 34.9 Å². The number of carbonyl (C=O) groups is 4. The summed E-state index contributed by atoms with van der Waals surface area (Å²) in [6.07, 6.45) is 0.843. The molecule has 2 rings (SSSR count). The van der Waals surface area contributed by atoms with Crippen molar-refractivity contribution in [2.75, 3.05) is 33.4 Å². The van der Waals surface area contributed by atoms with E-state index in [9.17, 15) is 19.2 Å². The number of amides is 4. The van der Waals surface area contributed by atoms with Crippen LogP contribution < -0.4 is 10.6 Å². The molecule has 9 nitrogen and oxygen atoms in total. The van der Waals surface area contributed by atoms with Crippen molar-refractivity contribution >= 4 is 23.6 Å². The molecule has 4 amide bonds. The second-order valence-electron chi connectivity index (χ2n) is 6.16. The van der Waals surface area contributed by atoms with Gasteiger partial charge >= 0.3 is 0 Å². The molecule has 0 spiro atoms. The first-order valence-electron chi connectivity index (χ1n) is 8.90. The van der Waals surface area contributed by atoms with E-state index in [2.05, 4.69) is 10.6 Å². The molecule has 0 radical (unpaired) electrons. The standard InChI is InChI=1S/C19H22N4O5/c1-28-11-3-10-23-18(26)14-5-4-13(12-15(14)19(23)27)17(25)22-9-2-8-21-16(24)6-7-20/h4-5,12H,2-3,6,8-11H2,1H3,(H,21,24)(H,22,25). The first kappa shape index (κ1) is 21.1. The normalized spacial score (nSPS) is 12.5. The maximum atomic E-state index is 12.5. The minimum Gasteiger partial charge on any atom is -0.385 e. The zero-order valence-corrected chi connectivity index (χ0v) is 15.6. The molecular weight excluding hydrogens is 364 g/mol. The highest BCUT2D eigenvalue weighted by molar-refractivity contribution is 6.22. The van der Waals surface area contributed by atoms with Crippen LogP contribution in [0.1, 0.15) is 50.3 Å². The van der Waals surface area contributed by atoms with Crippen molar-refractivity contribution in [3.8, 4) is 6.07 Å². The van der Waals surface area contributed by atoms with Crippen LogP contribution in [-0.4, -0.2) is 61.9 Å². The Hall–Kier alpha value is -3.25. The minimum absolute atomic E-state index is 0.198. The van der Waals surface area contributed by atoms with Crippen LogP contribution in [0.2, 0.25) is 0 Å². The fourth-order valence-corrected chi connectivity index (χ4v) is 2.76. The quantitative estimate of drug-likeness (QED) is 0.444. The van der Waals surface area contributed by atoms with Gasteiger partial charge < -0.3 is 15.4 Å². The van der Waals surface area contributed by atoms with Crippen LogP contribution in [-0.2, 0) is 9.53 Å². The lowest BCUT2D eigenvalue weighted by atomic mass is 10.1. The number of nitriles is 1. The SMILES string of the molecule is COCCCN1C(=O)c2ccc(C(=O)NCCCNC(=O)CC#N)cc2C1=O. The van der Waals surface area contributed by atoms with Crippen molar-refractivity contribution in [2.24, 2.45) is 0 Å². The van der Waals surface area contributed by atoms with Gasteiger partial charge in [-0.3, -0.25) is 24.1 Å². The molecule has 0 saturated heterocycles. The van der Waals surface area contributed by atoms with Gasteiger partial charge in [0.15, 0.2) is 0 Å². The molecule has 0 bridgehead atoms. The van der Waals surface area contributed by atoms with E-state index in [0.717, 1.165) is 4.90 Å². The van der Waals surface area contributed by atoms with E-state index in [1.807, 2.05) is 0 Å². The lowest BCUT2D eigenvalue weighted by Gasteiger charge is -2.12. The minimum atomic E-state index is -0.411. The summed E-state index contributed by atoms with van der Waals surface area (Å²) in [6.45, 7) is 1.37. The smallest absolute Gasteiger partial charge is 0.261 e. The maximum Gasteiger partial charge on any atom is 0.261 e. The molecule has 1 aliphatic rings. The monoisotopic (exact) mass is 386 g/mol. The number of hydrogen-bond donors (Lipinski definition) is 2. The van der Waals surface area contributed by atoms with Gasteiger partial charge in [0.25, 0.3) is 17.7 Å². The molecule has 0 unspecified atom stereocenters. The Labute approximate surface area is 162 Å². The summed E-state index contributed by atoms with van der Waals surface area (Å²) in [6, 6.07) is 6.17. The molecule has 28 heavy (non-hydrogen) atoms. The Bertz CT molecular complexity index is 815. The summed E-state index contributed by atoms with van der Waals surface area (Å²) in [4.78, 5) is 49.4. The van der Waals surface area contributed by atoms with Crippen LogP contribution in [0.3, 0.4) is 0 Å². The Morgan fingerprint density at radius 3 is 2.54 bits per heavy atom. The molecule has 1 aromatic carbocycles. The zero-order chi connectivity index (χ0) is 20.5. The van der Waals surface area contributed by atoms with Crippen LogP contribution >= 0.6 is 0 Å². The van der Waals surface area contributed by atoms with Gasteiger partial charge in [-0.25, -0.2) is 0 Å². The van der Waals surface area contributed by atoms with E-state index >= 15 is 0 Å². The number of hydrogen-bond acceptors (Lipinski definition) is 6. The van der Waals surface area contributed by atoms with Crippen LogP contribution in [0.25, 0.3) is 0 Å². The summed E-state index contributed by atoms with van der Waals surface area (Å²) in [7, 11) is 1.55. The van der Waals surface area contributed by atoms with Gasteiger partial charge in [-0.15, -0.1) is 0 Å². The molecule has 2 N–H and O–H groups in total. The first-order valence-corrected chi connectivity index (χ1v) is 8.90. The molecule has 1 heterocycles. The molecule has 0 aromatic heterocycles. The van der Waals surface area contributed by atoms with Gasteiger partial charge in [0.2, 0.25) is 5.91 Å². The van der Waals surface area contributed by atoms with Crippen molar-refractivity contribution < 1.29 is 23.9 Å². The molecule has 9 heteroatoms. The number of fused-ring (bicyclic) bond motifs is 1. The van der Waals surface area contributed by atoms with Gasteiger partial charge in [0.05, 0.1) is 17.2 Å². The van der Waals surface area contributed by atoms with Gasteiger partial charge in [-0.1, -0.05) is 0 Å². The van der Waals surface area contributed by atoms with Crippen molar-refractivity contribution in [2.45, 2.75) is 19.3 Å². The average molecular weight is 386 g/mol. The number of methoxy groups -OCH3 is 1. The van der Waals surface area contributed by atoms with Gasteiger partial charge in [-0.05, 0) is 31.0 Å². The largest absolute Gasteiger partial charge is 0.385 e. The summed E-state index contributed by atoms with van der Waals surface area (Å²) in [5, 5.41) is 13.6. The Morgan fingerprint density at radius 2 is 1.82 bits per heavy atom. The molecular formula is C19H22N4O5. The topological polar surface area (TPSA) is 129 Å². The number of benzene rings is 1. The fraction of sp³-hybridized carbons (Fsp3) is 0.421. The number of ether oxygens (including phenoxy) is 1. The van der Waals surface area contributed by atoms with Crippen LogP contribution in [0, 0.1) is 11.3 Å². The predicted octanol–water partition coefficient (Wildman–Crippen LogP) is 0.469. The zero-order valence-electron chi connectivity index (χ0n) is 15.6. The number of carbonyl (C=O) groups excluding carboxylic acids is 4. The summed E-state index contributed by atoms with van der Waals surface area (Å²) in [5.74, 6) is -1.50. The number of imide groups is 1. The molecule has 1 aromatic rings. The van der Waals surface area contributed by atoms with Gasteiger partial charge in [0.1, 0.15) is 6.42 Å². The van der Waals surface area contributed by atoms with E-state index in [1.54, 1.807) is 13.2 Å². The van der Waals surface area contributed by atoms with E-state index in [4.69, 9.17) is 10.00 Å². The van der Waals surface area contributed by atoms with Crippen LogP contribution in [0.15, 0.2) is 18.2 Å². The number of nitrogens with one attached hydrogen (secondary N) is 2. The second-order valence-corrected chi connectivity index (χ2v) is 6.16. The predicted molar refractivity (Wildman–Crippen MR) is 98.5 cm³/mol. The Kier molecular flexibility index (Phi) is 7.65. The third kappa shape index (κ3) is 5.14. The highest BCUT2D eigenvalue weighted by Crippen LogP contribution is 2.24. The summed E-state index contributed by atoms with van der Waals surface area (Å²) < 4.78 is 4.94. The van der Waals surface area contributed by atoms with Crippen molar-refractivity contribution in [3.63, 3.8) is 0 Å². The number of rotatable bonds is 10. The van der Waals surface area contributed by atoms with E-state index < -0.39 is 5.91 Å². The molecule has 148 valence electrons. The maximum absolute atomic E-state index is 12.5. The fourth-order valence-electron chi connectivity index (χ4n) is 2.76. The van der Waals surface area contributed by atoms with Crippen LogP contribution in [0.4, 0.5) is 0 Å². The molecule has 1 aliphatic heterocycles. The van der Waals surface area contributed by atoms with E-state index in [-0.39, 0.29) is 41.8 Å². The molecule has 0 saturated carbocycles. The Balaban J connectivity index is 1.89. The summed E-state index contributed by atoms with van der Waals surface area (Å²) in [5.41, 5.74) is 0.796. The third-order valence-electron chi connectivity index (χ3n) is 4.16. The van der Waals surface area contributed by atoms with Gasteiger partial charge in [-0.2, -0.15) is 5.26 Å². The van der Waals surface area contributed by atoms with Crippen molar-refractivity contribution in [1.82, 2.24) is 15.5 Å². The third-order valence-corrected chi connectivity index (χ3v) is 4.16. The summed E-state index contributed by atoms with van der Waals surface area (Å²) >= 11 is 0. The second kappa shape index (κ2) is 10.2. The highest BCUT2D eigenvalue weighted by Gasteiger charge is 2.35. The Morgan fingerprint density at radius 1 is 1.11 bits per heavy atom. The van der Waals surface area contributed by atoms with E-state index in [1.165, 1.54) is 18.2 Å². The highest BCUT2D eigenvalue weighted by atomic mass is 16.5. The lowest BCUT2D eigenvalue weighted by molar-refractivity contribution is -0.120. The molecule has 0 fully saturated rings. The van der Waals surface area contributed by atoms with E-state index in [0.29, 0.717) is 38.1 Å². The van der Waals surface area contributed by atoms with Crippen molar-refractivity contribution in [1.29, 1.82) is 5.26 Å². The van der Waals surface area contributed by atoms with Gasteiger partial charge in [0, 0.05) is 38.9 Å².